The second-order valence-corrected chi connectivity index (χ2v) is 4.81. The maximum Gasteiger partial charge on any atom is 0.139 e. The lowest BCUT2D eigenvalue weighted by Crippen LogP contribution is -2.22. The van der Waals surface area contributed by atoms with E-state index >= 15 is 0 Å². The number of nitriles is 1. The van der Waals surface area contributed by atoms with E-state index in [4.69, 9.17) is 15.1 Å². The van der Waals surface area contributed by atoms with Crippen LogP contribution >= 0.6 is 0 Å². The lowest BCUT2D eigenvalue weighted by atomic mass is 10.2. The zero-order chi connectivity index (χ0) is 15.8. The summed E-state index contributed by atoms with van der Waals surface area (Å²) in [5.74, 6) is 0.481. The van der Waals surface area contributed by atoms with E-state index in [0.717, 1.165) is 11.3 Å². The fourth-order valence-electron chi connectivity index (χ4n) is 1.88. The van der Waals surface area contributed by atoms with Gasteiger partial charge in [-0.3, -0.25) is 0 Å². The largest absolute Gasteiger partial charge is 0.487 e. The molecule has 0 aliphatic carbocycles. The highest BCUT2D eigenvalue weighted by atomic mass is 16.5. The van der Waals surface area contributed by atoms with Crippen LogP contribution in [0.5, 0.6) is 5.75 Å². The molecule has 2 rings (SSSR count). The maximum absolute atomic E-state index is 9.35. The van der Waals surface area contributed by atoms with Crippen LogP contribution in [-0.2, 0) is 6.61 Å². The van der Waals surface area contributed by atoms with Gasteiger partial charge in [-0.25, -0.2) is 0 Å². The van der Waals surface area contributed by atoms with Gasteiger partial charge in [0.1, 0.15) is 18.4 Å². The molecule has 1 unspecified atom stereocenters. The fourth-order valence-corrected chi connectivity index (χ4v) is 1.88. The van der Waals surface area contributed by atoms with Crippen molar-refractivity contribution in [3.05, 3.63) is 59.7 Å². The van der Waals surface area contributed by atoms with Crippen molar-refractivity contribution in [2.75, 3.05) is 18.5 Å². The van der Waals surface area contributed by atoms with E-state index in [1.54, 1.807) is 18.2 Å². The molecule has 5 nitrogen and oxygen atoms in total. The van der Waals surface area contributed by atoms with Gasteiger partial charge in [-0.15, -0.1) is 0 Å². The molecular weight excluding hydrogens is 280 g/mol. The quantitative estimate of drug-likeness (QED) is 0.727. The van der Waals surface area contributed by atoms with Gasteiger partial charge in [-0.2, -0.15) is 5.26 Å². The van der Waals surface area contributed by atoms with Crippen molar-refractivity contribution in [1.82, 2.24) is 0 Å². The number of aliphatic hydroxyl groups excluding tert-OH is 2. The molecule has 22 heavy (non-hydrogen) atoms. The summed E-state index contributed by atoms with van der Waals surface area (Å²) in [6, 6.07) is 16.9. The summed E-state index contributed by atoms with van der Waals surface area (Å²) in [5.41, 5.74) is 2.18. The summed E-state index contributed by atoms with van der Waals surface area (Å²) in [6.45, 7) is 0.291. The molecule has 3 N–H and O–H groups in total. The van der Waals surface area contributed by atoms with Crippen LogP contribution < -0.4 is 10.1 Å². The molecule has 114 valence electrons. The number of nitrogens with one attached hydrogen (secondary N) is 1. The Morgan fingerprint density at radius 2 is 1.95 bits per heavy atom. The monoisotopic (exact) mass is 298 g/mol. The smallest absolute Gasteiger partial charge is 0.139 e. The standard InChI is InChI=1S/C17H18N2O3/c18-9-14-6-7-15(19-10-16(21)11-20)8-17(14)22-12-13-4-2-1-3-5-13/h1-8,16,19-21H,10-12H2. The van der Waals surface area contributed by atoms with E-state index in [2.05, 4.69) is 11.4 Å². The minimum absolute atomic E-state index is 0.223. The van der Waals surface area contributed by atoms with E-state index in [1.807, 2.05) is 30.3 Å². The molecule has 5 heteroatoms. The molecule has 2 aromatic carbocycles. The molecule has 0 fully saturated rings. The average molecular weight is 298 g/mol. The Balaban J connectivity index is 2.06. The lowest BCUT2D eigenvalue weighted by Gasteiger charge is -2.13. The molecule has 0 aliphatic rings. The summed E-state index contributed by atoms with van der Waals surface area (Å²) >= 11 is 0. The van der Waals surface area contributed by atoms with Gasteiger partial charge in [0, 0.05) is 18.3 Å². The van der Waals surface area contributed by atoms with Gasteiger partial charge < -0.3 is 20.3 Å². The Morgan fingerprint density at radius 1 is 1.18 bits per heavy atom. The molecular formula is C17H18N2O3. The third kappa shape index (κ3) is 4.48. The van der Waals surface area contributed by atoms with E-state index in [-0.39, 0.29) is 13.2 Å². The fraction of sp³-hybridized carbons (Fsp3) is 0.235. The summed E-state index contributed by atoms with van der Waals surface area (Å²) in [4.78, 5) is 0. The second-order valence-electron chi connectivity index (χ2n) is 4.81. The first-order valence-corrected chi connectivity index (χ1v) is 6.96. The first-order chi connectivity index (χ1) is 10.7. The predicted molar refractivity (Wildman–Crippen MR) is 83.5 cm³/mol. The number of nitrogens with zero attached hydrogens (tertiary/aromatic N) is 1. The summed E-state index contributed by atoms with van der Waals surface area (Å²) in [7, 11) is 0. The molecule has 0 saturated carbocycles. The molecule has 0 radical (unpaired) electrons. The first kappa shape index (κ1) is 15.8. The van der Waals surface area contributed by atoms with Crippen molar-refractivity contribution in [3.63, 3.8) is 0 Å². The van der Waals surface area contributed by atoms with Gasteiger partial charge in [0.2, 0.25) is 0 Å². The van der Waals surface area contributed by atoms with E-state index in [9.17, 15) is 5.11 Å². The average Bonchev–Trinajstić information content (AvgIpc) is 2.58. The van der Waals surface area contributed by atoms with Crippen LogP contribution in [-0.4, -0.2) is 29.5 Å². The molecule has 0 saturated heterocycles. The van der Waals surface area contributed by atoms with Gasteiger partial charge in [0.05, 0.1) is 18.3 Å². The number of hydrogen-bond donors (Lipinski definition) is 3. The topological polar surface area (TPSA) is 85.5 Å². The van der Waals surface area contributed by atoms with Crippen molar-refractivity contribution < 1.29 is 14.9 Å². The summed E-state index contributed by atoms with van der Waals surface area (Å²) in [6.07, 6.45) is -0.829. The highest BCUT2D eigenvalue weighted by Gasteiger charge is 2.07. The maximum atomic E-state index is 9.35. The minimum Gasteiger partial charge on any atom is -0.487 e. The number of aliphatic hydroxyl groups is 2. The molecule has 0 heterocycles. The van der Waals surface area contributed by atoms with Crippen molar-refractivity contribution in [3.8, 4) is 11.8 Å². The highest BCUT2D eigenvalue weighted by molar-refractivity contribution is 5.55. The second kappa shape index (κ2) is 8.03. The predicted octanol–water partition coefficient (Wildman–Crippen LogP) is 1.90. The van der Waals surface area contributed by atoms with Crippen LogP contribution in [0.4, 0.5) is 5.69 Å². The van der Waals surface area contributed by atoms with Crippen LogP contribution in [0.25, 0.3) is 0 Å². The van der Waals surface area contributed by atoms with Crippen molar-refractivity contribution in [1.29, 1.82) is 5.26 Å². The molecule has 0 bridgehead atoms. The van der Waals surface area contributed by atoms with E-state index < -0.39 is 6.10 Å². The minimum atomic E-state index is -0.829. The number of rotatable bonds is 7. The Morgan fingerprint density at radius 3 is 2.64 bits per heavy atom. The van der Waals surface area contributed by atoms with Gasteiger partial charge in [0.25, 0.3) is 0 Å². The highest BCUT2D eigenvalue weighted by Crippen LogP contribution is 2.24. The third-order valence-electron chi connectivity index (χ3n) is 3.09. The zero-order valence-corrected chi connectivity index (χ0v) is 12.1. The van der Waals surface area contributed by atoms with Crippen LogP contribution in [0.2, 0.25) is 0 Å². The zero-order valence-electron chi connectivity index (χ0n) is 12.1. The number of benzene rings is 2. The normalized spacial score (nSPS) is 11.5. The number of hydrogen-bond acceptors (Lipinski definition) is 5. The van der Waals surface area contributed by atoms with Crippen LogP contribution in [0.3, 0.4) is 0 Å². The van der Waals surface area contributed by atoms with Crippen LogP contribution in [0, 0.1) is 11.3 Å². The van der Waals surface area contributed by atoms with Crippen molar-refractivity contribution >= 4 is 5.69 Å². The molecule has 0 aliphatic heterocycles. The first-order valence-electron chi connectivity index (χ1n) is 6.96. The van der Waals surface area contributed by atoms with Gasteiger partial charge in [-0.1, -0.05) is 30.3 Å². The van der Waals surface area contributed by atoms with Crippen molar-refractivity contribution in [2.24, 2.45) is 0 Å². The van der Waals surface area contributed by atoms with E-state index in [0.29, 0.717) is 17.9 Å². The Hall–Kier alpha value is -2.55. The van der Waals surface area contributed by atoms with Gasteiger partial charge in [0.15, 0.2) is 0 Å². The van der Waals surface area contributed by atoms with Gasteiger partial charge >= 0.3 is 0 Å². The Kier molecular flexibility index (Phi) is 5.78. The molecule has 0 spiro atoms. The number of anilines is 1. The lowest BCUT2D eigenvalue weighted by molar-refractivity contribution is 0.105. The summed E-state index contributed by atoms with van der Waals surface area (Å²) < 4.78 is 5.71. The molecule has 1 atom stereocenters. The molecule has 2 aromatic rings. The van der Waals surface area contributed by atoms with Gasteiger partial charge in [-0.05, 0) is 17.7 Å². The molecule has 0 amide bonds. The SMILES string of the molecule is N#Cc1ccc(NCC(O)CO)cc1OCc1ccccc1. The Bertz CT molecular complexity index is 638. The van der Waals surface area contributed by atoms with Crippen LogP contribution in [0.15, 0.2) is 48.5 Å². The Labute approximate surface area is 129 Å². The van der Waals surface area contributed by atoms with E-state index in [1.165, 1.54) is 0 Å². The number of ether oxygens (including phenoxy) is 1. The van der Waals surface area contributed by atoms with Crippen LogP contribution in [0.1, 0.15) is 11.1 Å². The van der Waals surface area contributed by atoms with Crippen molar-refractivity contribution in [2.45, 2.75) is 12.7 Å². The third-order valence-corrected chi connectivity index (χ3v) is 3.09. The summed E-state index contributed by atoms with van der Waals surface area (Å²) in [5, 5.41) is 30.3. The molecule has 0 aromatic heterocycles.